The molecular formula is C12H16BrClO4S. The van der Waals surface area contributed by atoms with Crippen LogP contribution in [0, 0.1) is 0 Å². The van der Waals surface area contributed by atoms with Crippen molar-refractivity contribution in [2.24, 2.45) is 0 Å². The Bertz CT molecular complexity index is 531. The number of rotatable bonds is 7. The number of hydrogen-bond donors (Lipinski definition) is 0. The normalized spacial score (nSPS) is 11.4. The van der Waals surface area contributed by atoms with E-state index in [0.717, 1.165) is 12.8 Å². The Kier molecular flexibility index (Phi) is 6.42. The fraction of sp³-hybridized carbons (Fsp3) is 0.500. The smallest absolute Gasteiger partial charge is 0.262 e. The fourth-order valence-corrected chi connectivity index (χ4v) is 3.52. The molecule has 0 aliphatic rings. The van der Waals surface area contributed by atoms with Gasteiger partial charge in [-0.1, -0.05) is 13.8 Å². The van der Waals surface area contributed by atoms with Crippen LogP contribution >= 0.6 is 26.6 Å². The summed E-state index contributed by atoms with van der Waals surface area (Å²) in [6, 6.07) is 2.95. The van der Waals surface area contributed by atoms with E-state index in [0.29, 0.717) is 29.2 Å². The monoisotopic (exact) mass is 370 g/mol. The molecule has 108 valence electrons. The highest BCUT2D eigenvalue weighted by Crippen LogP contribution is 2.37. The van der Waals surface area contributed by atoms with Gasteiger partial charge >= 0.3 is 0 Å². The lowest BCUT2D eigenvalue weighted by molar-refractivity contribution is 0.267. The Morgan fingerprint density at radius 1 is 1.11 bits per heavy atom. The molecule has 0 fully saturated rings. The van der Waals surface area contributed by atoms with Crippen molar-refractivity contribution in [1.82, 2.24) is 0 Å². The van der Waals surface area contributed by atoms with Crippen molar-refractivity contribution in [3.8, 4) is 11.5 Å². The van der Waals surface area contributed by atoms with Crippen molar-refractivity contribution < 1.29 is 17.9 Å². The molecule has 1 aromatic carbocycles. The van der Waals surface area contributed by atoms with E-state index in [1.54, 1.807) is 6.07 Å². The van der Waals surface area contributed by atoms with Crippen molar-refractivity contribution in [3.05, 3.63) is 16.6 Å². The number of ether oxygens (including phenoxy) is 2. The highest BCUT2D eigenvalue weighted by atomic mass is 79.9. The molecule has 0 aliphatic heterocycles. The van der Waals surface area contributed by atoms with Gasteiger partial charge in [0.05, 0.1) is 13.2 Å². The van der Waals surface area contributed by atoms with Crippen molar-refractivity contribution >= 4 is 35.7 Å². The molecule has 19 heavy (non-hydrogen) atoms. The van der Waals surface area contributed by atoms with Crippen molar-refractivity contribution in [2.45, 2.75) is 31.6 Å². The minimum absolute atomic E-state index is 0.0240. The second-order valence-electron chi connectivity index (χ2n) is 3.86. The van der Waals surface area contributed by atoms with E-state index in [1.165, 1.54) is 6.07 Å². The fourth-order valence-electron chi connectivity index (χ4n) is 1.35. The highest BCUT2D eigenvalue weighted by molar-refractivity contribution is 9.10. The summed E-state index contributed by atoms with van der Waals surface area (Å²) < 4.78 is 34.3. The van der Waals surface area contributed by atoms with Gasteiger partial charge in [-0.15, -0.1) is 0 Å². The first kappa shape index (κ1) is 16.6. The minimum Gasteiger partial charge on any atom is -0.490 e. The van der Waals surface area contributed by atoms with Gasteiger partial charge in [0.1, 0.15) is 4.90 Å². The van der Waals surface area contributed by atoms with Crippen LogP contribution < -0.4 is 9.47 Å². The van der Waals surface area contributed by atoms with E-state index in [4.69, 9.17) is 20.2 Å². The lowest BCUT2D eigenvalue weighted by Gasteiger charge is -2.14. The maximum atomic E-state index is 11.4. The zero-order chi connectivity index (χ0) is 14.5. The number of hydrogen-bond acceptors (Lipinski definition) is 4. The summed E-state index contributed by atoms with van der Waals surface area (Å²) in [7, 11) is 1.54. The second kappa shape index (κ2) is 7.36. The third-order valence-corrected chi connectivity index (χ3v) is 4.46. The Hall–Kier alpha value is -0.460. The van der Waals surface area contributed by atoms with Crippen molar-refractivity contribution in [1.29, 1.82) is 0 Å². The van der Waals surface area contributed by atoms with Crippen LogP contribution in [0.4, 0.5) is 0 Å². The van der Waals surface area contributed by atoms with Gasteiger partial charge in [0, 0.05) is 21.2 Å². The van der Waals surface area contributed by atoms with E-state index in [1.807, 2.05) is 13.8 Å². The van der Waals surface area contributed by atoms with Crippen LogP contribution in [0.1, 0.15) is 26.7 Å². The molecule has 0 bridgehead atoms. The minimum atomic E-state index is -3.83. The van der Waals surface area contributed by atoms with Gasteiger partial charge in [-0.05, 0) is 34.8 Å². The zero-order valence-electron chi connectivity index (χ0n) is 10.8. The van der Waals surface area contributed by atoms with Crippen LogP contribution in [0.2, 0.25) is 0 Å². The molecule has 0 unspecified atom stereocenters. The summed E-state index contributed by atoms with van der Waals surface area (Å²) in [5.74, 6) is 0.893. The maximum absolute atomic E-state index is 11.4. The number of benzene rings is 1. The van der Waals surface area contributed by atoms with E-state index in [9.17, 15) is 8.42 Å². The van der Waals surface area contributed by atoms with Crippen LogP contribution in [0.25, 0.3) is 0 Å². The summed E-state index contributed by atoms with van der Waals surface area (Å²) >= 11 is 3.18. The van der Waals surface area contributed by atoms with Crippen molar-refractivity contribution in [2.75, 3.05) is 13.2 Å². The molecule has 0 spiro atoms. The molecule has 7 heteroatoms. The standard InChI is InChI=1S/C12H16BrClO4S/c1-3-5-17-10-7-9(13)12(19(14,15)16)8-11(10)18-6-4-2/h7-8H,3-6H2,1-2H3. The summed E-state index contributed by atoms with van der Waals surface area (Å²) in [5, 5.41) is 0. The second-order valence-corrected chi connectivity index (χ2v) is 7.25. The molecule has 0 atom stereocenters. The summed E-state index contributed by atoms with van der Waals surface area (Å²) in [4.78, 5) is -0.0240. The van der Waals surface area contributed by atoms with Gasteiger partial charge in [0.25, 0.3) is 9.05 Å². The zero-order valence-corrected chi connectivity index (χ0v) is 13.9. The van der Waals surface area contributed by atoms with E-state index >= 15 is 0 Å². The first-order chi connectivity index (χ1) is 8.90. The Morgan fingerprint density at radius 3 is 2.00 bits per heavy atom. The molecule has 0 N–H and O–H groups in total. The third kappa shape index (κ3) is 4.85. The molecule has 0 saturated carbocycles. The molecule has 0 saturated heterocycles. The molecule has 0 aromatic heterocycles. The van der Waals surface area contributed by atoms with Gasteiger partial charge in [-0.2, -0.15) is 0 Å². The van der Waals surface area contributed by atoms with E-state index in [-0.39, 0.29) is 4.90 Å². The van der Waals surface area contributed by atoms with Gasteiger partial charge in [-0.25, -0.2) is 8.42 Å². The van der Waals surface area contributed by atoms with Crippen LogP contribution in [-0.4, -0.2) is 21.6 Å². The Morgan fingerprint density at radius 2 is 1.58 bits per heavy atom. The van der Waals surface area contributed by atoms with Gasteiger partial charge in [-0.3, -0.25) is 0 Å². The molecule has 1 aromatic rings. The molecule has 4 nitrogen and oxygen atoms in total. The van der Waals surface area contributed by atoms with Crippen LogP contribution in [-0.2, 0) is 9.05 Å². The topological polar surface area (TPSA) is 52.6 Å². The molecule has 0 amide bonds. The predicted molar refractivity (Wildman–Crippen MR) is 78.8 cm³/mol. The average Bonchev–Trinajstić information content (AvgIpc) is 2.33. The lowest BCUT2D eigenvalue weighted by atomic mass is 10.3. The van der Waals surface area contributed by atoms with E-state index < -0.39 is 9.05 Å². The lowest BCUT2D eigenvalue weighted by Crippen LogP contribution is -2.03. The predicted octanol–water partition coefficient (Wildman–Crippen LogP) is 3.95. The summed E-state index contributed by atoms with van der Waals surface area (Å²) in [6.07, 6.45) is 1.66. The maximum Gasteiger partial charge on any atom is 0.262 e. The average molecular weight is 372 g/mol. The van der Waals surface area contributed by atoms with Gasteiger partial charge < -0.3 is 9.47 Å². The van der Waals surface area contributed by atoms with Crippen LogP contribution in [0.5, 0.6) is 11.5 Å². The summed E-state index contributed by atoms with van der Waals surface area (Å²) in [6.45, 7) is 4.96. The third-order valence-electron chi connectivity index (χ3n) is 2.18. The molecule has 1 rings (SSSR count). The first-order valence-corrected chi connectivity index (χ1v) is 9.04. The van der Waals surface area contributed by atoms with Crippen LogP contribution in [0.15, 0.2) is 21.5 Å². The van der Waals surface area contributed by atoms with E-state index in [2.05, 4.69) is 15.9 Å². The SMILES string of the molecule is CCCOc1cc(Br)c(S(=O)(=O)Cl)cc1OCCC. The molecule has 0 aliphatic carbocycles. The quantitative estimate of drug-likeness (QED) is 0.681. The van der Waals surface area contributed by atoms with Gasteiger partial charge in [0.15, 0.2) is 11.5 Å². The molecular weight excluding hydrogens is 356 g/mol. The highest BCUT2D eigenvalue weighted by Gasteiger charge is 2.19. The Labute approximate surface area is 126 Å². The molecule has 0 heterocycles. The molecule has 0 radical (unpaired) electrons. The number of halogens is 2. The summed E-state index contributed by atoms with van der Waals surface area (Å²) in [5.41, 5.74) is 0. The van der Waals surface area contributed by atoms with Crippen LogP contribution in [0.3, 0.4) is 0 Å². The largest absolute Gasteiger partial charge is 0.490 e. The first-order valence-electron chi connectivity index (χ1n) is 5.94. The Balaban J connectivity index is 3.20. The van der Waals surface area contributed by atoms with Crippen molar-refractivity contribution in [3.63, 3.8) is 0 Å². The van der Waals surface area contributed by atoms with Gasteiger partial charge in [0.2, 0.25) is 0 Å².